The minimum Gasteiger partial charge on any atom is -0.504 e. The number of aliphatic hydroxyl groups is 4. The van der Waals surface area contributed by atoms with Crippen LogP contribution in [0, 0.1) is 48.7 Å². The summed E-state index contributed by atoms with van der Waals surface area (Å²) in [4.78, 5) is 151. The summed E-state index contributed by atoms with van der Waals surface area (Å²) in [5.74, 6) is -8.69. The van der Waals surface area contributed by atoms with Gasteiger partial charge >= 0.3 is 71.6 Å². The summed E-state index contributed by atoms with van der Waals surface area (Å²) in [6.45, 7) is 32.9. The molecule has 0 bridgehead atoms. The predicted molar refractivity (Wildman–Crippen MR) is 509 cm³/mol. The first-order valence-corrected chi connectivity index (χ1v) is 47.6. The highest BCUT2D eigenvalue weighted by atomic mass is 16.6. The first kappa shape index (κ1) is 121. The molecule has 794 valence electrons. The minimum absolute atomic E-state index is 0.00395. The van der Waals surface area contributed by atoms with Gasteiger partial charge in [0.15, 0.2) is 34.5 Å². The molecule has 4 aliphatic heterocycles. The van der Waals surface area contributed by atoms with Gasteiger partial charge in [0.1, 0.15) is 122 Å². The third-order valence-corrected chi connectivity index (χ3v) is 24.2. The van der Waals surface area contributed by atoms with Crippen molar-refractivity contribution >= 4 is 77.7 Å². The lowest BCUT2D eigenvalue weighted by Crippen LogP contribution is -2.44. The van der Waals surface area contributed by atoms with Gasteiger partial charge < -0.3 is 132 Å². The van der Waals surface area contributed by atoms with Crippen molar-refractivity contribution in [3.63, 3.8) is 0 Å². The van der Waals surface area contributed by atoms with E-state index >= 15 is 0 Å². The number of phenols is 6. The number of ether oxygens (including phenoxy) is 16. The number of aromatic hydroxyl groups is 6. The van der Waals surface area contributed by atoms with E-state index in [1.54, 1.807) is 116 Å². The van der Waals surface area contributed by atoms with E-state index in [0.29, 0.717) is 82.7 Å². The molecular weight excluding hydrogens is 1860 g/mol. The van der Waals surface area contributed by atoms with Gasteiger partial charge in [0.2, 0.25) is 0 Å². The van der Waals surface area contributed by atoms with Crippen molar-refractivity contribution in [2.75, 3.05) is 112 Å². The van der Waals surface area contributed by atoms with Crippen LogP contribution >= 0.6 is 0 Å². The Bertz CT molecular complexity index is 4800. The Kier molecular flexibility index (Phi) is 47.9. The number of hydrogen-bond acceptors (Lipinski definition) is 39. The topological polar surface area (TPSA) is 580 Å². The van der Waals surface area contributed by atoms with Gasteiger partial charge in [-0.25, -0.2) is 4.79 Å². The van der Waals surface area contributed by atoms with E-state index in [4.69, 9.17) is 75.8 Å². The van der Waals surface area contributed by atoms with Gasteiger partial charge in [-0.2, -0.15) is 0 Å². The van der Waals surface area contributed by atoms with Crippen LogP contribution in [0.3, 0.4) is 0 Å². The Balaban J connectivity index is 0.000000336. The second-order valence-corrected chi connectivity index (χ2v) is 40.1. The third-order valence-electron chi connectivity index (χ3n) is 24.2. The van der Waals surface area contributed by atoms with E-state index in [0.717, 1.165) is 17.7 Å². The normalized spacial score (nSPS) is 18.1. The van der Waals surface area contributed by atoms with Crippen LogP contribution in [0.1, 0.15) is 222 Å². The average molecular weight is 2010 g/mol. The molecule has 13 unspecified atom stereocenters. The molecule has 4 heterocycles. The summed E-state index contributed by atoms with van der Waals surface area (Å²) >= 11 is 0. The molecule has 0 aliphatic carbocycles. The smallest absolute Gasteiger partial charge is 0.338 e. The van der Waals surface area contributed by atoms with E-state index in [-0.39, 0.29) is 170 Å². The van der Waals surface area contributed by atoms with Crippen molar-refractivity contribution in [3.05, 3.63) is 113 Å². The fraction of sp³-hybridized carbons (Fsp3) is 0.631. The summed E-state index contributed by atoms with van der Waals surface area (Å²) in [5, 5.41) is 100. The van der Waals surface area contributed by atoms with Crippen molar-refractivity contribution in [2.24, 2.45) is 48.7 Å². The summed E-state index contributed by atoms with van der Waals surface area (Å²) in [7, 11) is 0. The molecule has 0 amide bonds. The molecule has 8 rings (SSSR count). The zero-order valence-corrected chi connectivity index (χ0v) is 85.0. The highest BCUT2D eigenvalue weighted by molar-refractivity contribution is 5.90. The third kappa shape index (κ3) is 42.3. The number of benzene rings is 4. The van der Waals surface area contributed by atoms with Crippen molar-refractivity contribution in [3.8, 4) is 34.5 Å². The van der Waals surface area contributed by atoms with Gasteiger partial charge in [-0.1, -0.05) is 89.2 Å². The molecule has 0 aromatic heterocycles. The van der Waals surface area contributed by atoms with Gasteiger partial charge in [0.25, 0.3) is 0 Å². The summed E-state index contributed by atoms with van der Waals surface area (Å²) < 4.78 is 83.3. The number of esters is 12. The lowest BCUT2D eigenvalue weighted by molar-refractivity contribution is -0.171. The number of carbonyl (C=O) groups is 12. The van der Waals surface area contributed by atoms with Crippen molar-refractivity contribution in [1.29, 1.82) is 0 Å². The molecule has 4 aromatic rings. The second kappa shape index (κ2) is 56.1. The highest BCUT2D eigenvalue weighted by Crippen LogP contribution is 2.48. The number of hydrogen-bond donors (Lipinski definition) is 11. The first-order valence-electron chi connectivity index (χ1n) is 47.6. The van der Waals surface area contributed by atoms with Gasteiger partial charge in [0.05, 0.1) is 100 Å². The minimum atomic E-state index is -1.35. The highest BCUT2D eigenvalue weighted by Gasteiger charge is 2.52. The molecule has 4 aliphatic rings. The van der Waals surface area contributed by atoms with Crippen LogP contribution in [0.15, 0.2) is 91.0 Å². The lowest BCUT2D eigenvalue weighted by Gasteiger charge is -2.39. The van der Waals surface area contributed by atoms with E-state index in [1.807, 2.05) is 51.1 Å². The van der Waals surface area contributed by atoms with Gasteiger partial charge in [-0.15, -0.1) is 0 Å². The van der Waals surface area contributed by atoms with Crippen LogP contribution in [0.4, 0.5) is 0 Å². The largest absolute Gasteiger partial charge is 0.504 e. The first-order chi connectivity index (χ1) is 66.4. The lowest BCUT2D eigenvalue weighted by atomic mass is 9.65. The number of nitrogens with one attached hydrogen (secondary N) is 1. The second-order valence-electron chi connectivity index (χ2n) is 40.1. The summed E-state index contributed by atoms with van der Waals surface area (Å²) in [6, 6.07) is 21.4. The van der Waals surface area contributed by atoms with E-state index in [9.17, 15) is 109 Å². The van der Waals surface area contributed by atoms with Crippen LogP contribution in [-0.2, 0) is 141 Å². The molecule has 0 radical (unpaired) electrons. The maximum Gasteiger partial charge on any atom is 0.338 e. The van der Waals surface area contributed by atoms with Crippen LogP contribution in [0.5, 0.6) is 34.5 Å². The molecule has 142 heavy (non-hydrogen) atoms. The van der Waals surface area contributed by atoms with Crippen LogP contribution in [-0.4, -0.2) is 284 Å². The fourth-order valence-electron chi connectivity index (χ4n) is 14.8. The Morgan fingerprint density at radius 1 is 0.352 bits per heavy atom. The van der Waals surface area contributed by atoms with E-state index in [2.05, 4.69) is 5.32 Å². The van der Waals surface area contributed by atoms with Gasteiger partial charge in [-0.3, -0.25) is 52.7 Å². The van der Waals surface area contributed by atoms with Crippen molar-refractivity contribution in [2.45, 2.75) is 257 Å². The zero-order valence-electron chi connectivity index (χ0n) is 85.0. The van der Waals surface area contributed by atoms with Crippen molar-refractivity contribution < 1.29 is 184 Å². The monoisotopic (exact) mass is 2010 g/mol. The molecule has 11 N–H and O–H groups in total. The van der Waals surface area contributed by atoms with Crippen molar-refractivity contribution in [1.82, 2.24) is 5.32 Å². The fourth-order valence-corrected chi connectivity index (χ4v) is 14.8. The molecule has 0 saturated carbocycles. The average Bonchev–Trinajstić information content (AvgIpc) is 1.68. The summed E-state index contributed by atoms with van der Waals surface area (Å²) in [6.07, 6.45) is 0.911. The Morgan fingerprint density at radius 3 is 1.05 bits per heavy atom. The van der Waals surface area contributed by atoms with Gasteiger partial charge in [0, 0.05) is 13.1 Å². The van der Waals surface area contributed by atoms with Gasteiger partial charge in [-0.05, 0) is 213 Å². The van der Waals surface area contributed by atoms with E-state index < -0.39 is 164 Å². The molecule has 13 atom stereocenters. The molecule has 4 aromatic carbocycles. The molecule has 39 nitrogen and oxygen atoms in total. The van der Waals surface area contributed by atoms with E-state index in [1.165, 1.54) is 42.5 Å². The SMILES string of the molecule is CCC(C)(CC(C)(C)C(=O)OCC1CO1)C(=O)OCC(O)CNCc1ccccc1.CCC(C)(CC(C)(C)C(=O)OCC1CO1)C(=O)OCC(O)COC(=O)C/C=C/c1ccc(O)c(O)c1.CCC(C)(CC(C)(C)C(=O)OCC1CO1)C(=O)OCC(O)COC(=O)Cc1ccc(O)c(O)c1.CCCOC(=O)C(C)(CC(C)(C)C(=O)OCC1CO1)CC(C)(CC)C(=O)OCC(O)COC(=O)c1ccc(O)c(O)c1. The molecule has 4 fully saturated rings. The Hall–Kier alpha value is -11.3. The Labute approximate surface area is 829 Å². The number of carbonyl (C=O) groups excluding carboxylic acids is 12. The number of epoxide rings is 4. The molecule has 0 spiro atoms. The maximum absolute atomic E-state index is 13.3. The number of rotatable bonds is 57. The predicted octanol–water partition coefficient (Wildman–Crippen LogP) is 10.3. The molecule has 4 saturated heterocycles. The quantitative estimate of drug-likeness (QED) is 0.00846. The Morgan fingerprint density at radius 2 is 0.683 bits per heavy atom. The number of phenolic OH excluding ortho intramolecular Hbond substituents is 6. The van der Waals surface area contributed by atoms with Crippen LogP contribution < -0.4 is 5.32 Å². The van der Waals surface area contributed by atoms with Crippen LogP contribution in [0.2, 0.25) is 0 Å². The zero-order chi connectivity index (χ0) is 106. The molecular formula is C103H149NO38. The maximum atomic E-state index is 13.3. The summed E-state index contributed by atoms with van der Waals surface area (Å²) in [5.41, 5.74) is -7.00. The standard InChI is InChI=1S/C30H44O12.C26H36O10.C24H34O10.C23H35NO6/c1-7-11-38-27(37)30(6,17-28(3,4)25(35)42-16-21-15-39-21)18-29(5,8-2)26(36)41-14-20(31)13-40-24(34)19-9-10-22(32)23(33)12-19;1-5-26(4,16-25(2,3)23(31)36-15-19-14-33-19)24(32)35-13-18(27)12-34-22(30)8-6-7-17-9-10-20(28)21(29)11-17;1-5-24(4,14-23(2,3)21(29)34-13-17-12-31-17)22(30)33-11-16(25)10-32-20(28)9-15-6-7-18(26)19(27)8-15;1-5-23(4,16-22(2,3)20(26)30-15-19-14-28-19)21(27)29-13-18(25)12-24-11-17-9-7-6-8-10-17/h9-10,12,20-21,31-33H,7-8,11,13-18H2,1-6H3;6-7,9-11,18-19,27-29H,5,8,12-16H2,1-4H3;6-8,16-17,25-27H,5,9-14H2,1-4H3;6-10,18-19,24-25H,5,11-16H2,1-4H3/b;7-6+;;. The number of aliphatic hydroxyl groups excluding tert-OH is 4. The van der Waals surface area contributed by atoms with Crippen LogP contribution in [0.25, 0.3) is 6.08 Å². The molecule has 39 heteroatoms.